The maximum absolute atomic E-state index is 9.95. The van der Waals surface area contributed by atoms with Gasteiger partial charge in [0.25, 0.3) is 0 Å². The Morgan fingerprint density at radius 2 is 2.05 bits per heavy atom. The fourth-order valence-electron chi connectivity index (χ4n) is 2.34. The van der Waals surface area contributed by atoms with Crippen LogP contribution in [0.15, 0.2) is 23.2 Å². The number of hydrogen-bond donors (Lipinski definition) is 2. The van der Waals surface area contributed by atoms with E-state index in [0.717, 1.165) is 32.1 Å². The second-order valence-corrected chi connectivity index (χ2v) is 5.31. The lowest BCUT2D eigenvalue weighted by atomic mass is 9.93. The zero-order chi connectivity index (χ0) is 14.4. The predicted octanol–water partition coefficient (Wildman–Crippen LogP) is 2.90. The van der Waals surface area contributed by atoms with Gasteiger partial charge in [0.1, 0.15) is 11.5 Å². The Balaban J connectivity index is 1.95. The summed E-state index contributed by atoms with van der Waals surface area (Å²) in [6, 6.07) is 5.55. The molecule has 0 radical (unpaired) electrons. The Morgan fingerprint density at radius 3 is 2.70 bits per heavy atom. The average molecular weight is 277 g/mol. The van der Waals surface area contributed by atoms with Crippen molar-refractivity contribution < 1.29 is 14.9 Å². The lowest BCUT2D eigenvalue weighted by molar-refractivity contribution is 0.123. The van der Waals surface area contributed by atoms with E-state index in [-0.39, 0.29) is 17.9 Å². The van der Waals surface area contributed by atoms with Gasteiger partial charge in [-0.1, -0.05) is 6.92 Å². The minimum absolute atomic E-state index is 0.162. The SMILES string of the molecule is CCCOc1ccc(C=NC2CCC(O)CC2)c(O)c1. The first-order valence-electron chi connectivity index (χ1n) is 7.36. The Labute approximate surface area is 120 Å². The first kappa shape index (κ1) is 14.9. The van der Waals surface area contributed by atoms with E-state index in [0.29, 0.717) is 17.9 Å². The molecule has 1 aromatic carbocycles. The zero-order valence-corrected chi connectivity index (χ0v) is 12.0. The molecule has 110 valence electrons. The molecule has 1 saturated carbocycles. The molecule has 0 heterocycles. The molecular formula is C16H23NO3. The Hall–Kier alpha value is -1.55. The third kappa shape index (κ3) is 4.23. The standard InChI is InChI=1S/C16H23NO3/c1-2-9-20-15-8-3-12(16(19)10-15)11-17-13-4-6-14(18)7-5-13/h3,8,10-11,13-14,18-19H,2,4-7,9H2,1H3. The minimum atomic E-state index is -0.162. The van der Waals surface area contributed by atoms with Gasteiger partial charge in [0.2, 0.25) is 0 Å². The maximum atomic E-state index is 9.95. The summed E-state index contributed by atoms with van der Waals surface area (Å²) in [5.74, 6) is 0.875. The number of aliphatic hydroxyl groups is 1. The molecule has 0 unspecified atom stereocenters. The van der Waals surface area contributed by atoms with E-state index < -0.39 is 0 Å². The van der Waals surface area contributed by atoms with Crippen LogP contribution >= 0.6 is 0 Å². The first-order chi connectivity index (χ1) is 9.69. The molecule has 0 saturated heterocycles. The van der Waals surface area contributed by atoms with Crippen LogP contribution in [0.1, 0.15) is 44.6 Å². The molecule has 0 aromatic heterocycles. The molecule has 0 aliphatic heterocycles. The molecule has 1 aliphatic carbocycles. The molecule has 0 bridgehead atoms. The van der Waals surface area contributed by atoms with Crippen molar-refractivity contribution in [1.82, 2.24) is 0 Å². The zero-order valence-electron chi connectivity index (χ0n) is 12.0. The molecule has 1 aliphatic rings. The van der Waals surface area contributed by atoms with Gasteiger partial charge in [-0.3, -0.25) is 4.99 Å². The predicted molar refractivity (Wildman–Crippen MR) is 79.7 cm³/mol. The van der Waals surface area contributed by atoms with E-state index in [1.165, 1.54) is 0 Å². The maximum Gasteiger partial charge on any atom is 0.128 e. The molecule has 20 heavy (non-hydrogen) atoms. The van der Waals surface area contributed by atoms with E-state index in [2.05, 4.69) is 4.99 Å². The van der Waals surface area contributed by atoms with Crippen molar-refractivity contribution in [2.45, 2.75) is 51.2 Å². The lowest BCUT2D eigenvalue weighted by Gasteiger charge is -2.22. The number of aromatic hydroxyl groups is 1. The van der Waals surface area contributed by atoms with E-state index in [1.54, 1.807) is 12.3 Å². The Morgan fingerprint density at radius 1 is 1.30 bits per heavy atom. The van der Waals surface area contributed by atoms with Gasteiger partial charge >= 0.3 is 0 Å². The van der Waals surface area contributed by atoms with Crippen LogP contribution in [0.5, 0.6) is 11.5 Å². The van der Waals surface area contributed by atoms with Crippen molar-refractivity contribution in [3.8, 4) is 11.5 Å². The molecule has 0 amide bonds. The molecule has 0 atom stereocenters. The third-order valence-corrected chi connectivity index (χ3v) is 3.57. The number of phenols is 1. The number of rotatable bonds is 5. The summed E-state index contributed by atoms with van der Waals surface area (Å²) in [5, 5.41) is 19.4. The number of aliphatic imine (C=N–C) groups is 1. The molecule has 2 N–H and O–H groups in total. The van der Waals surface area contributed by atoms with Crippen LogP contribution in [0.4, 0.5) is 0 Å². The largest absolute Gasteiger partial charge is 0.507 e. The first-order valence-corrected chi connectivity index (χ1v) is 7.36. The van der Waals surface area contributed by atoms with E-state index in [4.69, 9.17) is 4.74 Å². The van der Waals surface area contributed by atoms with Crippen LogP contribution in [-0.4, -0.2) is 35.2 Å². The van der Waals surface area contributed by atoms with Crippen molar-refractivity contribution in [3.05, 3.63) is 23.8 Å². The van der Waals surface area contributed by atoms with Crippen LogP contribution in [0.3, 0.4) is 0 Å². The molecule has 4 heteroatoms. The van der Waals surface area contributed by atoms with Gasteiger partial charge in [-0.15, -0.1) is 0 Å². The van der Waals surface area contributed by atoms with Crippen LogP contribution in [0.2, 0.25) is 0 Å². The highest BCUT2D eigenvalue weighted by molar-refractivity contribution is 5.83. The fourth-order valence-corrected chi connectivity index (χ4v) is 2.34. The quantitative estimate of drug-likeness (QED) is 0.813. The second-order valence-electron chi connectivity index (χ2n) is 5.31. The van der Waals surface area contributed by atoms with Gasteiger partial charge in [-0.05, 0) is 44.2 Å². The number of nitrogens with zero attached hydrogens (tertiary/aromatic N) is 1. The monoisotopic (exact) mass is 277 g/mol. The van der Waals surface area contributed by atoms with Crippen molar-refractivity contribution in [3.63, 3.8) is 0 Å². The molecule has 0 spiro atoms. The number of phenolic OH excluding ortho intramolecular Hbond substituents is 1. The van der Waals surface area contributed by atoms with Crippen molar-refractivity contribution >= 4 is 6.21 Å². The summed E-state index contributed by atoms with van der Waals surface area (Å²) in [6.07, 6.45) is 5.96. The van der Waals surface area contributed by atoms with Gasteiger partial charge in [-0.25, -0.2) is 0 Å². The number of aliphatic hydroxyl groups excluding tert-OH is 1. The Bertz CT molecular complexity index is 451. The molecule has 4 nitrogen and oxygen atoms in total. The van der Waals surface area contributed by atoms with Gasteiger partial charge in [0.05, 0.1) is 18.8 Å². The van der Waals surface area contributed by atoms with Crippen LogP contribution in [0, 0.1) is 0 Å². The van der Waals surface area contributed by atoms with Gasteiger partial charge in [0.15, 0.2) is 0 Å². The summed E-state index contributed by atoms with van der Waals surface area (Å²) in [4.78, 5) is 4.50. The summed E-state index contributed by atoms with van der Waals surface area (Å²) in [7, 11) is 0. The third-order valence-electron chi connectivity index (χ3n) is 3.57. The fraction of sp³-hybridized carbons (Fsp3) is 0.562. The molecule has 2 rings (SSSR count). The highest BCUT2D eigenvalue weighted by Crippen LogP contribution is 2.24. The summed E-state index contributed by atoms with van der Waals surface area (Å²) >= 11 is 0. The number of benzene rings is 1. The van der Waals surface area contributed by atoms with E-state index in [9.17, 15) is 10.2 Å². The average Bonchev–Trinajstić information content (AvgIpc) is 2.46. The van der Waals surface area contributed by atoms with E-state index >= 15 is 0 Å². The summed E-state index contributed by atoms with van der Waals surface area (Å²) < 4.78 is 5.46. The molecule has 1 aromatic rings. The van der Waals surface area contributed by atoms with Crippen LogP contribution in [0.25, 0.3) is 0 Å². The molecule has 1 fully saturated rings. The normalized spacial score (nSPS) is 23.1. The highest BCUT2D eigenvalue weighted by Gasteiger charge is 2.17. The van der Waals surface area contributed by atoms with Crippen LogP contribution in [-0.2, 0) is 0 Å². The van der Waals surface area contributed by atoms with E-state index in [1.807, 2.05) is 19.1 Å². The smallest absolute Gasteiger partial charge is 0.128 e. The summed E-state index contributed by atoms with van der Waals surface area (Å²) in [5.41, 5.74) is 0.708. The van der Waals surface area contributed by atoms with Gasteiger partial charge < -0.3 is 14.9 Å². The van der Waals surface area contributed by atoms with Crippen LogP contribution < -0.4 is 4.74 Å². The molecular weight excluding hydrogens is 254 g/mol. The Kier molecular flexibility index (Phi) is 5.41. The number of hydrogen-bond acceptors (Lipinski definition) is 4. The van der Waals surface area contributed by atoms with Crippen molar-refractivity contribution in [2.75, 3.05) is 6.61 Å². The topological polar surface area (TPSA) is 62.0 Å². The lowest BCUT2D eigenvalue weighted by Crippen LogP contribution is -2.20. The highest BCUT2D eigenvalue weighted by atomic mass is 16.5. The van der Waals surface area contributed by atoms with Gasteiger partial charge in [-0.2, -0.15) is 0 Å². The van der Waals surface area contributed by atoms with Crippen molar-refractivity contribution in [2.24, 2.45) is 4.99 Å². The minimum Gasteiger partial charge on any atom is -0.507 e. The second kappa shape index (κ2) is 7.29. The van der Waals surface area contributed by atoms with Gasteiger partial charge in [0, 0.05) is 17.8 Å². The number of ether oxygens (including phenoxy) is 1. The van der Waals surface area contributed by atoms with Crippen molar-refractivity contribution in [1.29, 1.82) is 0 Å². The summed E-state index contributed by atoms with van der Waals surface area (Å²) in [6.45, 7) is 2.69.